The maximum Gasteiger partial charge on any atom is 0.124 e. The van der Waals surface area contributed by atoms with Crippen LogP contribution in [-0.2, 0) is 6.54 Å². The van der Waals surface area contributed by atoms with Crippen LogP contribution in [0.15, 0.2) is 24.3 Å². The van der Waals surface area contributed by atoms with Gasteiger partial charge in [-0.1, -0.05) is 6.07 Å². The number of nitrogens with zero attached hydrogens (tertiary/aromatic N) is 1. The Balaban J connectivity index is 1.80. The van der Waals surface area contributed by atoms with Crippen LogP contribution in [0, 0.1) is 5.82 Å². The molecule has 2 nitrogen and oxygen atoms in total. The Morgan fingerprint density at radius 3 is 2.88 bits per heavy atom. The van der Waals surface area contributed by atoms with Crippen LogP contribution >= 0.6 is 11.3 Å². The molecule has 4 heteroatoms. The van der Waals surface area contributed by atoms with Crippen molar-refractivity contribution in [1.82, 2.24) is 10.2 Å². The molecule has 90 valence electrons. The molecule has 1 aliphatic rings. The average Bonchev–Trinajstić information content (AvgIpc) is 2.71. The molecule has 1 N–H and O–H groups in total. The Morgan fingerprint density at radius 1 is 1.24 bits per heavy atom. The molecule has 0 amide bonds. The van der Waals surface area contributed by atoms with Crippen molar-refractivity contribution in [3.8, 4) is 0 Å². The van der Waals surface area contributed by atoms with E-state index in [4.69, 9.17) is 0 Å². The van der Waals surface area contributed by atoms with Gasteiger partial charge in [0.1, 0.15) is 5.82 Å². The second-order valence-corrected chi connectivity index (χ2v) is 5.59. The largest absolute Gasteiger partial charge is 0.314 e. The molecule has 0 spiro atoms. The van der Waals surface area contributed by atoms with E-state index in [1.54, 1.807) is 17.4 Å². The van der Waals surface area contributed by atoms with Crippen LogP contribution in [0.5, 0.6) is 0 Å². The molecular weight excluding hydrogens is 235 g/mol. The molecule has 0 radical (unpaired) electrons. The molecule has 0 aliphatic carbocycles. The van der Waals surface area contributed by atoms with Crippen LogP contribution in [-0.4, -0.2) is 31.1 Å². The molecular formula is C13H15FN2S. The molecule has 1 fully saturated rings. The summed E-state index contributed by atoms with van der Waals surface area (Å²) in [5.74, 6) is -0.145. The summed E-state index contributed by atoms with van der Waals surface area (Å²) in [6.45, 7) is 5.33. The van der Waals surface area contributed by atoms with Crippen molar-refractivity contribution in [2.75, 3.05) is 26.2 Å². The summed E-state index contributed by atoms with van der Waals surface area (Å²) in [4.78, 5) is 3.77. The Kier molecular flexibility index (Phi) is 3.09. The zero-order valence-electron chi connectivity index (χ0n) is 9.58. The Labute approximate surface area is 104 Å². The number of fused-ring (bicyclic) bond motifs is 1. The highest BCUT2D eigenvalue weighted by molar-refractivity contribution is 7.19. The van der Waals surface area contributed by atoms with E-state index in [2.05, 4.69) is 16.3 Å². The summed E-state index contributed by atoms with van der Waals surface area (Å²) >= 11 is 1.70. The monoisotopic (exact) mass is 250 g/mol. The molecule has 0 unspecified atom stereocenters. The van der Waals surface area contributed by atoms with Crippen LogP contribution in [0.3, 0.4) is 0 Å². The fourth-order valence-corrected chi connectivity index (χ4v) is 3.36. The summed E-state index contributed by atoms with van der Waals surface area (Å²) in [7, 11) is 0. The highest BCUT2D eigenvalue weighted by Crippen LogP contribution is 2.27. The van der Waals surface area contributed by atoms with Crippen molar-refractivity contribution in [2.45, 2.75) is 6.54 Å². The molecule has 0 saturated carbocycles. The van der Waals surface area contributed by atoms with Crippen LogP contribution in [0.2, 0.25) is 0 Å². The van der Waals surface area contributed by atoms with Gasteiger partial charge in [0.05, 0.1) is 0 Å². The first-order chi connectivity index (χ1) is 8.31. The summed E-state index contributed by atoms with van der Waals surface area (Å²) in [6.07, 6.45) is 0. The van der Waals surface area contributed by atoms with Crippen molar-refractivity contribution in [3.05, 3.63) is 35.0 Å². The first-order valence-electron chi connectivity index (χ1n) is 5.92. The molecule has 17 heavy (non-hydrogen) atoms. The van der Waals surface area contributed by atoms with E-state index in [9.17, 15) is 4.39 Å². The molecule has 2 aromatic rings. The summed E-state index contributed by atoms with van der Waals surface area (Å²) in [5, 5.41) is 4.50. The number of piperazine rings is 1. The highest BCUT2D eigenvalue weighted by Gasteiger charge is 2.11. The second kappa shape index (κ2) is 4.72. The number of hydrogen-bond acceptors (Lipinski definition) is 3. The summed E-state index contributed by atoms with van der Waals surface area (Å²) in [5.41, 5.74) is 0. The zero-order valence-corrected chi connectivity index (χ0v) is 10.4. The maximum atomic E-state index is 13.1. The fourth-order valence-electron chi connectivity index (χ4n) is 2.23. The standard InChI is InChI=1S/C13H15FN2S/c14-11-2-1-10-7-12(17-13(10)8-11)9-16-5-3-15-4-6-16/h1-2,7-8,15H,3-6,9H2. The summed E-state index contributed by atoms with van der Waals surface area (Å²) in [6, 6.07) is 7.20. The number of hydrogen-bond donors (Lipinski definition) is 1. The van der Waals surface area contributed by atoms with Crippen LogP contribution in [0.1, 0.15) is 4.88 Å². The Bertz CT molecular complexity index is 517. The topological polar surface area (TPSA) is 15.3 Å². The van der Waals surface area contributed by atoms with Crippen LogP contribution in [0.4, 0.5) is 4.39 Å². The number of rotatable bonds is 2. The summed E-state index contributed by atoms with van der Waals surface area (Å²) < 4.78 is 14.1. The van der Waals surface area contributed by atoms with E-state index < -0.39 is 0 Å². The number of thiophene rings is 1. The molecule has 0 atom stereocenters. The van der Waals surface area contributed by atoms with E-state index in [1.165, 1.54) is 10.9 Å². The smallest absolute Gasteiger partial charge is 0.124 e. The fraction of sp³-hybridized carbons (Fsp3) is 0.385. The van der Waals surface area contributed by atoms with E-state index in [0.717, 1.165) is 42.8 Å². The van der Waals surface area contributed by atoms with Gasteiger partial charge in [-0.15, -0.1) is 11.3 Å². The Hall–Kier alpha value is -0.970. The number of benzene rings is 1. The van der Waals surface area contributed by atoms with E-state index >= 15 is 0 Å². The Morgan fingerprint density at radius 2 is 2.06 bits per heavy atom. The SMILES string of the molecule is Fc1ccc2cc(CN3CCNCC3)sc2c1. The number of halogens is 1. The average molecular weight is 250 g/mol. The molecule has 3 rings (SSSR count). The minimum Gasteiger partial charge on any atom is -0.314 e. The lowest BCUT2D eigenvalue weighted by molar-refractivity contribution is 0.235. The molecule has 1 aromatic carbocycles. The highest BCUT2D eigenvalue weighted by atomic mass is 32.1. The molecule has 2 heterocycles. The van der Waals surface area contributed by atoms with E-state index in [0.29, 0.717) is 0 Å². The van der Waals surface area contributed by atoms with Gasteiger partial charge in [0.25, 0.3) is 0 Å². The van der Waals surface area contributed by atoms with Gasteiger partial charge in [0.15, 0.2) is 0 Å². The van der Waals surface area contributed by atoms with Gasteiger partial charge >= 0.3 is 0 Å². The van der Waals surface area contributed by atoms with Gasteiger partial charge in [-0.25, -0.2) is 4.39 Å². The van der Waals surface area contributed by atoms with Gasteiger partial charge in [-0.3, -0.25) is 4.90 Å². The minimum absolute atomic E-state index is 0.145. The predicted molar refractivity (Wildman–Crippen MR) is 69.9 cm³/mol. The maximum absolute atomic E-state index is 13.1. The van der Waals surface area contributed by atoms with Crippen molar-refractivity contribution >= 4 is 21.4 Å². The van der Waals surface area contributed by atoms with E-state index in [1.807, 2.05) is 6.07 Å². The van der Waals surface area contributed by atoms with Gasteiger partial charge in [-0.05, 0) is 23.6 Å². The minimum atomic E-state index is -0.145. The van der Waals surface area contributed by atoms with Crippen molar-refractivity contribution < 1.29 is 4.39 Å². The van der Waals surface area contributed by atoms with Crippen molar-refractivity contribution in [1.29, 1.82) is 0 Å². The first kappa shape index (κ1) is 11.1. The van der Waals surface area contributed by atoms with Crippen LogP contribution < -0.4 is 5.32 Å². The molecule has 0 bridgehead atoms. The normalized spacial score (nSPS) is 17.7. The lowest BCUT2D eigenvalue weighted by Gasteiger charge is -2.26. The molecule has 1 saturated heterocycles. The van der Waals surface area contributed by atoms with Crippen molar-refractivity contribution in [3.63, 3.8) is 0 Å². The predicted octanol–water partition coefficient (Wildman–Crippen LogP) is 2.45. The lowest BCUT2D eigenvalue weighted by Crippen LogP contribution is -2.42. The van der Waals surface area contributed by atoms with Gasteiger partial charge < -0.3 is 5.32 Å². The zero-order chi connectivity index (χ0) is 11.7. The molecule has 1 aromatic heterocycles. The van der Waals surface area contributed by atoms with Crippen LogP contribution in [0.25, 0.3) is 10.1 Å². The second-order valence-electron chi connectivity index (χ2n) is 4.42. The quantitative estimate of drug-likeness (QED) is 0.880. The van der Waals surface area contributed by atoms with Gasteiger partial charge in [-0.2, -0.15) is 0 Å². The third kappa shape index (κ3) is 2.49. The third-order valence-electron chi connectivity index (χ3n) is 3.12. The van der Waals surface area contributed by atoms with Gasteiger partial charge in [0.2, 0.25) is 0 Å². The third-order valence-corrected chi connectivity index (χ3v) is 4.20. The van der Waals surface area contributed by atoms with E-state index in [-0.39, 0.29) is 5.82 Å². The molecule has 1 aliphatic heterocycles. The number of nitrogens with one attached hydrogen (secondary N) is 1. The first-order valence-corrected chi connectivity index (χ1v) is 6.74. The van der Waals surface area contributed by atoms with Gasteiger partial charge in [0, 0.05) is 42.3 Å². The lowest BCUT2D eigenvalue weighted by atomic mass is 10.2. The van der Waals surface area contributed by atoms with Crippen molar-refractivity contribution in [2.24, 2.45) is 0 Å².